The standard InChI is InChI=1S/C11H22N2O/c14-9-11-3-1-7-13(11)8-2-6-12-10-4-5-10/h10-12,14H,1-9H2. The molecule has 1 unspecified atom stereocenters. The topological polar surface area (TPSA) is 35.5 Å². The summed E-state index contributed by atoms with van der Waals surface area (Å²) in [5.41, 5.74) is 0. The first kappa shape index (κ1) is 10.4. The number of aliphatic hydroxyl groups is 1. The minimum absolute atomic E-state index is 0.343. The molecule has 1 saturated carbocycles. The van der Waals surface area contributed by atoms with Crippen LogP contribution < -0.4 is 5.32 Å². The number of rotatable bonds is 6. The minimum Gasteiger partial charge on any atom is -0.395 e. The van der Waals surface area contributed by atoms with Crippen molar-refractivity contribution in [3.8, 4) is 0 Å². The summed E-state index contributed by atoms with van der Waals surface area (Å²) in [6, 6.07) is 1.29. The van der Waals surface area contributed by atoms with Crippen LogP contribution >= 0.6 is 0 Å². The SMILES string of the molecule is OCC1CCCN1CCCNC1CC1. The Bertz CT molecular complexity index is 171. The molecular weight excluding hydrogens is 176 g/mol. The van der Waals surface area contributed by atoms with Gasteiger partial charge in [-0.2, -0.15) is 0 Å². The Labute approximate surface area is 86.5 Å². The maximum atomic E-state index is 9.13. The van der Waals surface area contributed by atoms with Gasteiger partial charge >= 0.3 is 0 Å². The molecule has 0 aromatic heterocycles. The Morgan fingerprint density at radius 3 is 2.86 bits per heavy atom. The van der Waals surface area contributed by atoms with Crippen LogP contribution in [0.3, 0.4) is 0 Å². The molecule has 1 aliphatic carbocycles. The summed E-state index contributed by atoms with van der Waals surface area (Å²) < 4.78 is 0. The number of likely N-dealkylation sites (tertiary alicyclic amines) is 1. The normalized spacial score (nSPS) is 28.5. The van der Waals surface area contributed by atoms with Gasteiger partial charge in [-0.3, -0.25) is 4.90 Å². The summed E-state index contributed by atoms with van der Waals surface area (Å²) >= 11 is 0. The quantitative estimate of drug-likeness (QED) is 0.613. The molecule has 1 saturated heterocycles. The van der Waals surface area contributed by atoms with Crippen LogP contribution in [0.1, 0.15) is 32.1 Å². The zero-order chi connectivity index (χ0) is 9.80. The fraction of sp³-hybridized carbons (Fsp3) is 1.00. The van der Waals surface area contributed by atoms with Crippen molar-refractivity contribution in [2.24, 2.45) is 0 Å². The van der Waals surface area contributed by atoms with E-state index >= 15 is 0 Å². The predicted molar refractivity (Wildman–Crippen MR) is 57.3 cm³/mol. The van der Waals surface area contributed by atoms with Crippen molar-refractivity contribution in [2.45, 2.75) is 44.2 Å². The van der Waals surface area contributed by atoms with Crippen molar-refractivity contribution in [2.75, 3.05) is 26.2 Å². The maximum Gasteiger partial charge on any atom is 0.0586 e. The highest BCUT2D eigenvalue weighted by molar-refractivity contribution is 4.82. The highest BCUT2D eigenvalue weighted by Crippen LogP contribution is 2.19. The molecule has 0 spiro atoms. The average Bonchev–Trinajstić information content (AvgIpc) is 2.91. The molecule has 2 rings (SSSR count). The molecule has 3 nitrogen and oxygen atoms in total. The third-order valence-corrected chi connectivity index (χ3v) is 3.34. The van der Waals surface area contributed by atoms with Gasteiger partial charge in [0.2, 0.25) is 0 Å². The summed E-state index contributed by atoms with van der Waals surface area (Å²) in [5.74, 6) is 0. The van der Waals surface area contributed by atoms with Crippen molar-refractivity contribution >= 4 is 0 Å². The Balaban J connectivity index is 1.54. The molecule has 3 heteroatoms. The molecule has 0 aromatic rings. The van der Waals surface area contributed by atoms with Gasteiger partial charge in [0.05, 0.1) is 6.61 Å². The van der Waals surface area contributed by atoms with Gasteiger partial charge in [-0.05, 0) is 51.7 Å². The molecular formula is C11H22N2O. The van der Waals surface area contributed by atoms with E-state index in [9.17, 15) is 0 Å². The molecule has 14 heavy (non-hydrogen) atoms. The summed E-state index contributed by atoms with van der Waals surface area (Å²) in [6.07, 6.45) is 6.44. The van der Waals surface area contributed by atoms with Crippen molar-refractivity contribution in [3.05, 3.63) is 0 Å². The van der Waals surface area contributed by atoms with E-state index in [1.807, 2.05) is 0 Å². The summed E-state index contributed by atoms with van der Waals surface area (Å²) in [7, 11) is 0. The zero-order valence-electron chi connectivity index (χ0n) is 8.91. The largest absolute Gasteiger partial charge is 0.395 e. The van der Waals surface area contributed by atoms with E-state index in [2.05, 4.69) is 10.2 Å². The third kappa shape index (κ3) is 2.94. The van der Waals surface area contributed by atoms with Gasteiger partial charge in [-0.15, -0.1) is 0 Å². The molecule has 2 fully saturated rings. The number of nitrogens with one attached hydrogen (secondary N) is 1. The second-order valence-electron chi connectivity index (χ2n) is 4.60. The molecule has 2 aliphatic rings. The predicted octanol–water partition coefficient (Wildman–Crippen LogP) is 0.585. The molecule has 1 aliphatic heterocycles. The fourth-order valence-electron chi connectivity index (χ4n) is 2.27. The summed E-state index contributed by atoms with van der Waals surface area (Å²) in [6.45, 7) is 3.84. The lowest BCUT2D eigenvalue weighted by Crippen LogP contribution is -2.34. The van der Waals surface area contributed by atoms with Gasteiger partial charge in [-0.1, -0.05) is 0 Å². The first-order valence-electron chi connectivity index (χ1n) is 5.98. The van der Waals surface area contributed by atoms with Crippen LogP contribution in [0.25, 0.3) is 0 Å². The number of hydrogen-bond acceptors (Lipinski definition) is 3. The Kier molecular flexibility index (Phi) is 3.79. The van der Waals surface area contributed by atoms with Gasteiger partial charge in [0.25, 0.3) is 0 Å². The molecule has 82 valence electrons. The van der Waals surface area contributed by atoms with Crippen LogP contribution in [-0.4, -0.2) is 48.3 Å². The summed E-state index contributed by atoms with van der Waals surface area (Å²) in [5, 5.41) is 12.7. The van der Waals surface area contributed by atoms with Gasteiger partial charge in [0.1, 0.15) is 0 Å². The van der Waals surface area contributed by atoms with Crippen LogP contribution in [0, 0.1) is 0 Å². The van der Waals surface area contributed by atoms with Crippen LogP contribution in [-0.2, 0) is 0 Å². The molecule has 0 bridgehead atoms. The van der Waals surface area contributed by atoms with Crippen molar-refractivity contribution < 1.29 is 5.11 Å². The van der Waals surface area contributed by atoms with E-state index in [0.717, 1.165) is 19.1 Å². The molecule has 2 N–H and O–H groups in total. The minimum atomic E-state index is 0.343. The molecule has 0 aromatic carbocycles. The van der Waals surface area contributed by atoms with Crippen LogP contribution in [0.15, 0.2) is 0 Å². The van der Waals surface area contributed by atoms with Gasteiger partial charge in [0, 0.05) is 12.1 Å². The van der Waals surface area contributed by atoms with E-state index in [0.29, 0.717) is 12.6 Å². The second kappa shape index (κ2) is 5.10. The average molecular weight is 198 g/mol. The van der Waals surface area contributed by atoms with Crippen LogP contribution in [0.4, 0.5) is 0 Å². The lowest BCUT2D eigenvalue weighted by Gasteiger charge is -2.22. The summed E-state index contributed by atoms with van der Waals surface area (Å²) in [4.78, 5) is 2.44. The molecule has 1 heterocycles. The van der Waals surface area contributed by atoms with Crippen molar-refractivity contribution in [1.82, 2.24) is 10.2 Å². The Morgan fingerprint density at radius 1 is 1.29 bits per heavy atom. The van der Waals surface area contributed by atoms with Gasteiger partial charge in [0.15, 0.2) is 0 Å². The van der Waals surface area contributed by atoms with Crippen molar-refractivity contribution in [1.29, 1.82) is 0 Å². The van der Waals surface area contributed by atoms with E-state index < -0.39 is 0 Å². The first-order chi connectivity index (χ1) is 6.90. The third-order valence-electron chi connectivity index (χ3n) is 3.34. The number of hydrogen-bond donors (Lipinski definition) is 2. The van der Waals surface area contributed by atoms with E-state index in [1.165, 1.54) is 38.6 Å². The first-order valence-corrected chi connectivity index (χ1v) is 5.98. The van der Waals surface area contributed by atoms with E-state index in [-0.39, 0.29) is 0 Å². The van der Waals surface area contributed by atoms with Gasteiger partial charge in [-0.25, -0.2) is 0 Å². The Hall–Kier alpha value is -0.120. The second-order valence-corrected chi connectivity index (χ2v) is 4.60. The highest BCUT2D eigenvalue weighted by Gasteiger charge is 2.23. The van der Waals surface area contributed by atoms with E-state index in [4.69, 9.17) is 5.11 Å². The zero-order valence-corrected chi connectivity index (χ0v) is 8.91. The highest BCUT2D eigenvalue weighted by atomic mass is 16.3. The molecule has 0 amide bonds. The lowest BCUT2D eigenvalue weighted by molar-refractivity contribution is 0.157. The van der Waals surface area contributed by atoms with Crippen molar-refractivity contribution in [3.63, 3.8) is 0 Å². The van der Waals surface area contributed by atoms with Crippen LogP contribution in [0.2, 0.25) is 0 Å². The smallest absolute Gasteiger partial charge is 0.0586 e. The Morgan fingerprint density at radius 2 is 2.14 bits per heavy atom. The lowest BCUT2D eigenvalue weighted by atomic mass is 10.2. The molecule has 0 radical (unpaired) electrons. The van der Waals surface area contributed by atoms with Crippen LogP contribution in [0.5, 0.6) is 0 Å². The maximum absolute atomic E-state index is 9.13. The molecule has 1 atom stereocenters. The fourth-order valence-corrected chi connectivity index (χ4v) is 2.27. The van der Waals surface area contributed by atoms with E-state index in [1.54, 1.807) is 0 Å². The number of aliphatic hydroxyl groups excluding tert-OH is 1. The monoisotopic (exact) mass is 198 g/mol. The van der Waals surface area contributed by atoms with Gasteiger partial charge < -0.3 is 10.4 Å². The number of nitrogens with zero attached hydrogens (tertiary/aromatic N) is 1.